The number of carbonyl (C=O) groups is 2. The predicted molar refractivity (Wildman–Crippen MR) is 125 cm³/mol. The molecule has 33 heavy (non-hydrogen) atoms. The first-order valence-electron chi connectivity index (χ1n) is 10.6. The molecule has 9 heteroatoms. The van der Waals surface area contributed by atoms with E-state index in [4.69, 9.17) is 23.2 Å². The van der Waals surface area contributed by atoms with Gasteiger partial charge in [-0.05, 0) is 43.7 Å². The SMILES string of the molecule is Cc1nn(Cc2ccccc2Cl)c(C)c1C(=O)N1CCN(C(=O)c2ccc(F)cc2Cl)CC1. The molecule has 1 aliphatic rings. The summed E-state index contributed by atoms with van der Waals surface area (Å²) < 4.78 is 15.1. The molecule has 3 aromatic rings. The van der Waals surface area contributed by atoms with Gasteiger partial charge in [-0.1, -0.05) is 41.4 Å². The third-order valence-electron chi connectivity index (χ3n) is 5.89. The Hall–Kier alpha value is -2.90. The van der Waals surface area contributed by atoms with Crippen LogP contribution in [-0.4, -0.2) is 57.6 Å². The molecule has 0 N–H and O–H groups in total. The van der Waals surface area contributed by atoms with Crippen LogP contribution in [0.4, 0.5) is 4.39 Å². The summed E-state index contributed by atoms with van der Waals surface area (Å²) in [6.07, 6.45) is 0. The van der Waals surface area contributed by atoms with Crippen molar-refractivity contribution in [3.05, 3.63) is 86.4 Å². The van der Waals surface area contributed by atoms with Gasteiger partial charge < -0.3 is 9.80 Å². The van der Waals surface area contributed by atoms with Gasteiger partial charge in [-0.25, -0.2) is 4.39 Å². The number of hydrogen-bond donors (Lipinski definition) is 0. The van der Waals surface area contributed by atoms with Crippen LogP contribution in [0.1, 0.15) is 37.7 Å². The molecule has 0 aliphatic carbocycles. The van der Waals surface area contributed by atoms with Crippen LogP contribution in [0, 0.1) is 19.7 Å². The summed E-state index contributed by atoms with van der Waals surface area (Å²) in [5.74, 6) is -0.873. The monoisotopic (exact) mass is 488 g/mol. The first kappa shape index (κ1) is 23.3. The molecule has 4 rings (SSSR count). The molecular weight excluding hydrogens is 466 g/mol. The van der Waals surface area contributed by atoms with E-state index in [1.165, 1.54) is 12.1 Å². The van der Waals surface area contributed by atoms with Crippen molar-refractivity contribution in [3.8, 4) is 0 Å². The lowest BCUT2D eigenvalue weighted by molar-refractivity contribution is 0.0534. The van der Waals surface area contributed by atoms with Crippen molar-refractivity contribution in [1.29, 1.82) is 0 Å². The Morgan fingerprint density at radius 3 is 2.21 bits per heavy atom. The van der Waals surface area contributed by atoms with E-state index >= 15 is 0 Å². The van der Waals surface area contributed by atoms with Crippen molar-refractivity contribution in [2.75, 3.05) is 26.2 Å². The summed E-state index contributed by atoms with van der Waals surface area (Å²) in [6.45, 7) is 5.67. The predicted octanol–water partition coefficient (Wildman–Crippen LogP) is 4.59. The van der Waals surface area contributed by atoms with Crippen LogP contribution in [0.3, 0.4) is 0 Å². The molecule has 0 saturated carbocycles. The van der Waals surface area contributed by atoms with E-state index in [-0.39, 0.29) is 22.4 Å². The van der Waals surface area contributed by atoms with Gasteiger partial charge in [0.15, 0.2) is 0 Å². The third kappa shape index (κ3) is 4.75. The van der Waals surface area contributed by atoms with Crippen LogP contribution in [0.5, 0.6) is 0 Å². The van der Waals surface area contributed by atoms with Gasteiger partial charge in [0.1, 0.15) is 5.82 Å². The lowest BCUT2D eigenvalue weighted by Crippen LogP contribution is -2.50. The number of piperazine rings is 1. The average molecular weight is 489 g/mol. The van der Waals surface area contributed by atoms with Crippen LogP contribution in [0.15, 0.2) is 42.5 Å². The van der Waals surface area contributed by atoms with Crippen molar-refractivity contribution in [1.82, 2.24) is 19.6 Å². The molecule has 1 fully saturated rings. The maximum absolute atomic E-state index is 13.3. The standard InChI is InChI=1S/C24H23Cl2FN4O2/c1-15-22(16(2)31(28-15)14-17-5-3-4-6-20(17)25)24(33)30-11-9-29(10-12-30)23(32)19-8-7-18(27)13-21(19)26/h3-8,13H,9-12,14H2,1-2H3. The van der Waals surface area contributed by atoms with Gasteiger partial charge in [-0.2, -0.15) is 5.10 Å². The molecule has 1 aromatic heterocycles. The highest BCUT2D eigenvalue weighted by Crippen LogP contribution is 2.23. The van der Waals surface area contributed by atoms with E-state index in [1.807, 2.05) is 38.1 Å². The number of amides is 2. The summed E-state index contributed by atoms with van der Waals surface area (Å²) in [5, 5.41) is 5.29. The van der Waals surface area contributed by atoms with Gasteiger partial charge in [0.2, 0.25) is 0 Å². The summed E-state index contributed by atoms with van der Waals surface area (Å²) in [7, 11) is 0. The largest absolute Gasteiger partial charge is 0.335 e. The highest BCUT2D eigenvalue weighted by Gasteiger charge is 2.29. The maximum Gasteiger partial charge on any atom is 0.257 e. The van der Waals surface area contributed by atoms with Gasteiger partial charge in [0, 0.05) is 36.9 Å². The van der Waals surface area contributed by atoms with E-state index in [9.17, 15) is 14.0 Å². The molecule has 2 amide bonds. The second kappa shape index (κ2) is 9.53. The van der Waals surface area contributed by atoms with Gasteiger partial charge in [0.25, 0.3) is 11.8 Å². The lowest BCUT2D eigenvalue weighted by Gasteiger charge is -2.35. The molecule has 1 saturated heterocycles. The summed E-state index contributed by atoms with van der Waals surface area (Å²) in [6, 6.07) is 11.3. The maximum atomic E-state index is 13.3. The molecular formula is C24H23Cl2FN4O2. The first-order valence-corrected chi connectivity index (χ1v) is 11.3. The molecule has 0 radical (unpaired) electrons. The molecule has 0 bridgehead atoms. The third-order valence-corrected chi connectivity index (χ3v) is 6.57. The van der Waals surface area contributed by atoms with E-state index in [0.29, 0.717) is 49.0 Å². The molecule has 0 spiro atoms. The van der Waals surface area contributed by atoms with E-state index in [1.54, 1.807) is 14.5 Å². The number of rotatable bonds is 4. The highest BCUT2D eigenvalue weighted by atomic mass is 35.5. The molecule has 2 aromatic carbocycles. The smallest absolute Gasteiger partial charge is 0.257 e. The van der Waals surface area contributed by atoms with Crippen molar-refractivity contribution in [2.24, 2.45) is 0 Å². The quantitative estimate of drug-likeness (QED) is 0.539. The van der Waals surface area contributed by atoms with Gasteiger partial charge in [0.05, 0.1) is 28.4 Å². The van der Waals surface area contributed by atoms with E-state index in [2.05, 4.69) is 5.10 Å². The fraction of sp³-hybridized carbons (Fsp3) is 0.292. The number of nitrogens with zero attached hydrogens (tertiary/aromatic N) is 4. The zero-order chi connectivity index (χ0) is 23.7. The Kier molecular flexibility index (Phi) is 6.72. The minimum absolute atomic E-state index is 0.0793. The summed E-state index contributed by atoms with van der Waals surface area (Å²) in [5.41, 5.74) is 3.18. The minimum Gasteiger partial charge on any atom is -0.335 e. The Morgan fingerprint density at radius 2 is 1.58 bits per heavy atom. The highest BCUT2D eigenvalue weighted by molar-refractivity contribution is 6.33. The number of aryl methyl sites for hydroxylation is 1. The Labute approximate surface area is 201 Å². The topological polar surface area (TPSA) is 58.4 Å². The number of halogens is 3. The van der Waals surface area contributed by atoms with Crippen LogP contribution in [-0.2, 0) is 6.54 Å². The number of carbonyl (C=O) groups excluding carboxylic acids is 2. The van der Waals surface area contributed by atoms with Crippen molar-refractivity contribution in [2.45, 2.75) is 20.4 Å². The van der Waals surface area contributed by atoms with Crippen LogP contribution in [0.2, 0.25) is 10.0 Å². The van der Waals surface area contributed by atoms with E-state index < -0.39 is 5.82 Å². The number of hydrogen-bond acceptors (Lipinski definition) is 3. The van der Waals surface area contributed by atoms with Crippen molar-refractivity contribution in [3.63, 3.8) is 0 Å². The minimum atomic E-state index is -0.493. The average Bonchev–Trinajstić information content (AvgIpc) is 3.07. The van der Waals surface area contributed by atoms with Gasteiger partial charge >= 0.3 is 0 Å². The molecule has 0 unspecified atom stereocenters. The van der Waals surface area contributed by atoms with Crippen LogP contribution >= 0.6 is 23.2 Å². The molecule has 1 aliphatic heterocycles. The number of aromatic nitrogens is 2. The molecule has 2 heterocycles. The first-order chi connectivity index (χ1) is 15.8. The summed E-state index contributed by atoms with van der Waals surface area (Å²) in [4.78, 5) is 29.4. The van der Waals surface area contributed by atoms with E-state index in [0.717, 1.165) is 17.3 Å². The molecule has 172 valence electrons. The normalized spacial score (nSPS) is 14.0. The zero-order valence-corrected chi connectivity index (χ0v) is 19.8. The van der Waals surface area contributed by atoms with Crippen molar-refractivity contribution >= 4 is 35.0 Å². The van der Waals surface area contributed by atoms with Gasteiger partial charge in [-0.3, -0.25) is 14.3 Å². The fourth-order valence-corrected chi connectivity index (χ4v) is 4.50. The number of benzene rings is 2. The zero-order valence-electron chi connectivity index (χ0n) is 18.3. The fourth-order valence-electron chi connectivity index (χ4n) is 4.05. The van der Waals surface area contributed by atoms with Crippen molar-refractivity contribution < 1.29 is 14.0 Å². The van der Waals surface area contributed by atoms with Gasteiger partial charge in [-0.15, -0.1) is 0 Å². The summed E-state index contributed by atoms with van der Waals surface area (Å²) >= 11 is 12.3. The molecule has 6 nitrogen and oxygen atoms in total. The Bertz CT molecular complexity index is 1220. The second-order valence-corrected chi connectivity index (χ2v) is 8.82. The molecule has 0 atom stereocenters. The van der Waals surface area contributed by atoms with Crippen LogP contribution < -0.4 is 0 Å². The Morgan fingerprint density at radius 1 is 0.939 bits per heavy atom. The lowest BCUT2D eigenvalue weighted by atomic mass is 10.1. The second-order valence-electron chi connectivity index (χ2n) is 8.00. The van der Waals surface area contributed by atoms with Crippen LogP contribution in [0.25, 0.3) is 0 Å². The Balaban J connectivity index is 1.45.